The molecule has 0 saturated heterocycles. The zero-order valence-corrected chi connectivity index (χ0v) is 20.1. The number of rotatable bonds is 8. The second kappa shape index (κ2) is 10.3. The first-order valence-electron chi connectivity index (χ1n) is 11.2. The van der Waals surface area contributed by atoms with Gasteiger partial charge in [0.15, 0.2) is 0 Å². The Bertz CT molecular complexity index is 1380. The van der Waals surface area contributed by atoms with Crippen LogP contribution in [0.2, 0.25) is 0 Å². The van der Waals surface area contributed by atoms with Crippen LogP contribution in [0.5, 0.6) is 11.5 Å². The van der Waals surface area contributed by atoms with Crippen molar-refractivity contribution in [1.82, 2.24) is 14.5 Å². The van der Waals surface area contributed by atoms with Gasteiger partial charge in [0.1, 0.15) is 23.1 Å². The molecular weight excluding hydrogens is 448 g/mol. The first kappa shape index (κ1) is 23.9. The van der Waals surface area contributed by atoms with Gasteiger partial charge in [0.25, 0.3) is 5.56 Å². The average Bonchev–Trinajstić information content (AvgIpc) is 3.40. The van der Waals surface area contributed by atoms with Crippen molar-refractivity contribution in [3.63, 3.8) is 0 Å². The Morgan fingerprint density at radius 1 is 1.14 bits per heavy atom. The topological polar surface area (TPSA) is 98.8 Å². The Hall–Kier alpha value is -4.27. The number of amides is 2. The smallest absolute Gasteiger partial charge is 0.322 e. The number of fused-ring (bicyclic) bond motifs is 1. The Morgan fingerprint density at radius 3 is 2.63 bits per heavy atom. The molecule has 0 bridgehead atoms. The highest BCUT2D eigenvalue weighted by Crippen LogP contribution is 2.31. The highest BCUT2D eigenvalue weighted by Gasteiger charge is 2.29. The minimum absolute atomic E-state index is 0.167. The van der Waals surface area contributed by atoms with Gasteiger partial charge in [-0.25, -0.2) is 9.78 Å². The normalized spacial score (nSPS) is 11.8. The van der Waals surface area contributed by atoms with Crippen LogP contribution in [0.4, 0.5) is 10.5 Å². The summed E-state index contributed by atoms with van der Waals surface area (Å²) in [6.07, 6.45) is 2.08. The number of aromatic nitrogens is 2. The van der Waals surface area contributed by atoms with E-state index in [-0.39, 0.29) is 18.1 Å². The van der Waals surface area contributed by atoms with Crippen molar-refractivity contribution in [2.45, 2.75) is 25.9 Å². The van der Waals surface area contributed by atoms with E-state index in [0.29, 0.717) is 46.1 Å². The van der Waals surface area contributed by atoms with Crippen LogP contribution in [0, 0.1) is 0 Å². The lowest BCUT2D eigenvalue weighted by Crippen LogP contribution is -2.40. The maximum absolute atomic E-state index is 13.7. The molecule has 1 N–H and O–H groups in total. The molecule has 4 rings (SSSR count). The van der Waals surface area contributed by atoms with Gasteiger partial charge in [0.05, 0.1) is 49.7 Å². The number of methoxy groups -OCH3 is 2. The molecule has 0 aliphatic carbocycles. The number of para-hydroxylation sites is 1. The van der Waals surface area contributed by atoms with Crippen LogP contribution in [0.1, 0.15) is 31.0 Å². The van der Waals surface area contributed by atoms with Crippen molar-refractivity contribution in [3.05, 3.63) is 82.8 Å². The number of anilines is 1. The third kappa shape index (κ3) is 4.84. The van der Waals surface area contributed by atoms with Gasteiger partial charge >= 0.3 is 6.03 Å². The number of hydrogen-bond donors (Lipinski definition) is 1. The number of nitrogens with one attached hydrogen (secondary N) is 1. The van der Waals surface area contributed by atoms with Gasteiger partial charge in [-0.1, -0.05) is 19.1 Å². The highest BCUT2D eigenvalue weighted by atomic mass is 16.5. The van der Waals surface area contributed by atoms with E-state index < -0.39 is 6.04 Å². The summed E-state index contributed by atoms with van der Waals surface area (Å²) in [5.74, 6) is 2.15. The quantitative estimate of drug-likeness (QED) is 0.395. The Balaban J connectivity index is 1.76. The minimum Gasteiger partial charge on any atom is -0.497 e. The molecule has 2 aromatic heterocycles. The summed E-state index contributed by atoms with van der Waals surface area (Å²) in [5, 5.41) is 3.46. The van der Waals surface area contributed by atoms with Gasteiger partial charge in [-0.15, -0.1) is 0 Å². The molecule has 1 atom stereocenters. The van der Waals surface area contributed by atoms with E-state index in [2.05, 4.69) is 5.32 Å². The molecule has 0 saturated carbocycles. The van der Waals surface area contributed by atoms with Gasteiger partial charge in [-0.2, -0.15) is 0 Å². The lowest BCUT2D eigenvalue weighted by Gasteiger charge is -2.31. The Labute approximate surface area is 202 Å². The van der Waals surface area contributed by atoms with Crippen LogP contribution < -0.4 is 20.3 Å². The number of carbonyl (C=O) groups is 1. The van der Waals surface area contributed by atoms with Crippen molar-refractivity contribution in [2.24, 2.45) is 7.05 Å². The first-order valence-corrected chi connectivity index (χ1v) is 11.2. The Kier molecular flexibility index (Phi) is 7.05. The summed E-state index contributed by atoms with van der Waals surface area (Å²) in [6.45, 7) is 2.13. The molecule has 2 aromatic carbocycles. The number of carbonyl (C=O) groups excluding carboxylic acids is 1. The molecule has 4 aromatic rings. The monoisotopic (exact) mass is 476 g/mol. The first-order chi connectivity index (χ1) is 17.0. The summed E-state index contributed by atoms with van der Waals surface area (Å²) in [6, 6.07) is 15.0. The lowest BCUT2D eigenvalue weighted by atomic mass is 10.1. The van der Waals surface area contributed by atoms with Crippen LogP contribution in [0.3, 0.4) is 0 Å². The minimum atomic E-state index is -0.508. The van der Waals surface area contributed by atoms with E-state index in [1.165, 1.54) is 11.7 Å². The molecule has 0 radical (unpaired) electrons. The second-order valence-electron chi connectivity index (χ2n) is 7.98. The molecule has 35 heavy (non-hydrogen) atoms. The Morgan fingerprint density at radius 2 is 1.94 bits per heavy atom. The molecule has 2 heterocycles. The zero-order chi connectivity index (χ0) is 24.9. The fourth-order valence-electron chi connectivity index (χ4n) is 4.06. The van der Waals surface area contributed by atoms with E-state index in [1.54, 1.807) is 73.9 Å². The summed E-state index contributed by atoms with van der Waals surface area (Å²) >= 11 is 0. The third-order valence-corrected chi connectivity index (χ3v) is 5.90. The van der Waals surface area contributed by atoms with E-state index in [9.17, 15) is 9.59 Å². The number of furan rings is 1. The lowest BCUT2D eigenvalue weighted by molar-refractivity contribution is 0.169. The maximum atomic E-state index is 13.7. The number of hydrogen-bond acceptors (Lipinski definition) is 6. The largest absolute Gasteiger partial charge is 0.497 e. The number of benzene rings is 2. The van der Waals surface area contributed by atoms with E-state index in [0.717, 1.165) is 0 Å². The molecule has 0 aliphatic rings. The second-order valence-corrected chi connectivity index (χ2v) is 7.98. The summed E-state index contributed by atoms with van der Waals surface area (Å²) in [4.78, 5) is 33.1. The average molecular weight is 477 g/mol. The fraction of sp³-hybridized carbons (Fsp3) is 0.269. The highest BCUT2D eigenvalue weighted by molar-refractivity contribution is 5.91. The van der Waals surface area contributed by atoms with Gasteiger partial charge in [0.2, 0.25) is 0 Å². The molecule has 182 valence electrons. The van der Waals surface area contributed by atoms with Crippen LogP contribution in [-0.4, -0.2) is 34.7 Å². The molecule has 9 nitrogen and oxygen atoms in total. The number of urea groups is 1. The van der Waals surface area contributed by atoms with Crippen LogP contribution in [-0.2, 0) is 13.6 Å². The van der Waals surface area contributed by atoms with E-state index in [1.807, 2.05) is 13.0 Å². The molecule has 2 amide bonds. The third-order valence-electron chi connectivity index (χ3n) is 5.90. The van der Waals surface area contributed by atoms with E-state index >= 15 is 0 Å². The summed E-state index contributed by atoms with van der Waals surface area (Å²) < 4.78 is 17.7. The van der Waals surface area contributed by atoms with Crippen LogP contribution in [0.25, 0.3) is 10.9 Å². The van der Waals surface area contributed by atoms with Crippen LogP contribution in [0.15, 0.2) is 70.1 Å². The van der Waals surface area contributed by atoms with Crippen molar-refractivity contribution >= 4 is 22.6 Å². The predicted molar refractivity (Wildman–Crippen MR) is 133 cm³/mol. The number of nitrogens with zero attached hydrogens (tertiary/aromatic N) is 3. The van der Waals surface area contributed by atoms with Crippen molar-refractivity contribution < 1.29 is 18.7 Å². The van der Waals surface area contributed by atoms with Crippen molar-refractivity contribution in [3.8, 4) is 11.5 Å². The van der Waals surface area contributed by atoms with Gasteiger partial charge in [-0.05, 0) is 42.8 Å². The van der Waals surface area contributed by atoms with Crippen LogP contribution >= 0.6 is 0 Å². The zero-order valence-electron chi connectivity index (χ0n) is 20.1. The molecule has 1 unspecified atom stereocenters. The molecule has 0 aliphatic heterocycles. The van der Waals surface area contributed by atoms with Gasteiger partial charge in [-0.3, -0.25) is 9.36 Å². The maximum Gasteiger partial charge on any atom is 0.322 e. The summed E-state index contributed by atoms with van der Waals surface area (Å²) in [5.41, 5.74) is 0.899. The molecule has 9 heteroatoms. The standard InChI is InChI=1S/C26H28N4O5/c1-5-22(24-27-20-11-7-6-10-19(20)25(31)29(24)2)30(16-18-9-8-14-35-18)26(32)28-21-13-12-17(33-3)15-23(21)34-4/h6-15,22H,5,16H2,1-4H3,(H,28,32). The van der Waals surface area contributed by atoms with Gasteiger partial charge in [0, 0.05) is 13.1 Å². The molecule has 0 spiro atoms. The van der Waals surface area contributed by atoms with Crippen molar-refractivity contribution in [2.75, 3.05) is 19.5 Å². The van der Waals surface area contributed by atoms with Gasteiger partial charge < -0.3 is 24.1 Å². The van der Waals surface area contributed by atoms with Crippen molar-refractivity contribution in [1.29, 1.82) is 0 Å². The fourth-order valence-corrected chi connectivity index (χ4v) is 4.06. The molecular formula is C26H28N4O5. The van der Waals surface area contributed by atoms with E-state index in [4.69, 9.17) is 18.9 Å². The number of ether oxygens (including phenoxy) is 2. The predicted octanol–water partition coefficient (Wildman–Crippen LogP) is 4.73. The summed E-state index contributed by atoms with van der Waals surface area (Å²) in [7, 11) is 4.76. The SMILES string of the molecule is CCC(c1nc2ccccc2c(=O)n1C)N(Cc1ccco1)C(=O)Nc1ccc(OC)cc1OC. The molecule has 0 fully saturated rings.